The summed E-state index contributed by atoms with van der Waals surface area (Å²) in [5.74, 6) is 3.28. The lowest BCUT2D eigenvalue weighted by atomic mass is 9.95. The zero-order valence-electron chi connectivity index (χ0n) is 15.1. The van der Waals surface area contributed by atoms with Gasteiger partial charge in [0.15, 0.2) is 5.82 Å². The number of piperidine rings is 1. The fourth-order valence-electron chi connectivity index (χ4n) is 3.62. The molecule has 0 bridgehead atoms. The molecular weight excluding hydrogens is 312 g/mol. The topological polar surface area (TPSA) is 49.6 Å². The van der Waals surface area contributed by atoms with Crippen LogP contribution in [0.2, 0.25) is 0 Å². The van der Waals surface area contributed by atoms with Crippen molar-refractivity contribution in [3.8, 4) is 0 Å². The molecular formula is C19H24N6. The van der Waals surface area contributed by atoms with Gasteiger partial charge in [-0.1, -0.05) is 0 Å². The van der Waals surface area contributed by atoms with Crippen LogP contribution in [-0.2, 0) is 0 Å². The second-order valence-corrected chi connectivity index (χ2v) is 6.93. The molecule has 130 valence electrons. The highest BCUT2D eigenvalue weighted by Gasteiger charge is 2.24. The molecule has 0 amide bonds. The summed E-state index contributed by atoms with van der Waals surface area (Å²) in [7, 11) is 4.10. The summed E-state index contributed by atoms with van der Waals surface area (Å²) >= 11 is 0. The molecule has 6 heteroatoms. The van der Waals surface area contributed by atoms with Crippen molar-refractivity contribution in [1.29, 1.82) is 0 Å². The van der Waals surface area contributed by atoms with Crippen LogP contribution in [0.4, 0.5) is 11.6 Å². The first-order valence-electron chi connectivity index (χ1n) is 8.81. The van der Waals surface area contributed by atoms with E-state index >= 15 is 0 Å². The Balaban J connectivity index is 1.66. The van der Waals surface area contributed by atoms with Crippen LogP contribution in [-0.4, -0.2) is 46.5 Å². The molecule has 1 saturated heterocycles. The van der Waals surface area contributed by atoms with Gasteiger partial charge < -0.3 is 14.2 Å². The van der Waals surface area contributed by atoms with Crippen molar-refractivity contribution in [3.63, 3.8) is 0 Å². The molecule has 0 aromatic carbocycles. The molecule has 25 heavy (non-hydrogen) atoms. The summed E-state index contributed by atoms with van der Waals surface area (Å²) in [6.07, 6.45) is 8.43. The van der Waals surface area contributed by atoms with Crippen LogP contribution < -0.4 is 9.80 Å². The quantitative estimate of drug-likeness (QED) is 0.736. The van der Waals surface area contributed by atoms with Gasteiger partial charge in [0.2, 0.25) is 0 Å². The second kappa shape index (κ2) is 6.35. The highest BCUT2D eigenvalue weighted by atomic mass is 15.2. The van der Waals surface area contributed by atoms with Gasteiger partial charge in [0.1, 0.15) is 11.6 Å². The highest BCUT2D eigenvalue weighted by Crippen LogP contribution is 2.30. The lowest BCUT2D eigenvalue weighted by molar-refractivity contribution is 0.496. The molecule has 0 aliphatic carbocycles. The van der Waals surface area contributed by atoms with E-state index in [4.69, 9.17) is 4.98 Å². The van der Waals surface area contributed by atoms with Gasteiger partial charge in [0.25, 0.3) is 0 Å². The fraction of sp³-hybridized carbons (Fsp3) is 0.421. The van der Waals surface area contributed by atoms with Crippen molar-refractivity contribution in [2.45, 2.75) is 25.7 Å². The summed E-state index contributed by atoms with van der Waals surface area (Å²) in [4.78, 5) is 18.2. The number of rotatable bonds is 3. The first-order chi connectivity index (χ1) is 12.1. The van der Waals surface area contributed by atoms with E-state index in [0.717, 1.165) is 54.6 Å². The molecule has 3 aromatic rings. The standard InChI is InChI=1S/C19H24N6/c1-14-20-9-8-18(21-14)25-11-4-6-15(12-25)16-13-24-10-5-7-17(24)19(22-16)23(2)3/h5,7-10,13,15H,4,6,11-12H2,1-3H3/t15-/m1/s1. The van der Waals surface area contributed by atoms with Gasteiger partial charge in [-0.25, -0.2) is 15.0 Å². The van der Waals surface area contributed by atoms with Crippen molar-refractivity contribution < 1.29 is 0 Å². The van der Waals surface area contributed by atoms with Crippen molar-refractivity contribution in [2.75, 3.05) is 37.0 Å². The maximum atomic E-state index is 4.99. The largest absolute Gasteiger partial charge is 0.361 e. The highest BCUT2D eigenvalue weighted by molar-refractivity contribution is 5.69. The summed E-state index contributed by atoms with van der Waals surface area (Å²) in [5.41, 5.74) is 2.30. The van der Waals surface area contributed by atoms with E-state index in [1.54, 1.807) is 0 Å². The van der Waals surface area contributed by atoms with Crippen molar-refractivity contribution >= 4 is 17.2 Å². The van der Waals surface area contributed by atoms with Gasteiger partial charge in [-0.15, -0.1) is 0 Å². The minimum absolute atomic E-state index is 0.412. The second-order valence-electron chi connectivity index (χ2n) is 6.93. The third-order valence-electron chi connectivity index (χ3n) is 4.86. The van der Waals surface area contributed by atoms with Crippen molar-refractivity contribution in [2.24, 2.45) is 0 Å². The molecule has 6 nitrogen and oxygen atoms in total. The Morgan fingerprint density at radius 1 is 1.20 bits per heavy atom. The minimum atomic E-state index is 0.412. The van der Waals surface area contributed by atoms with E-state index in [1.165, 1.54) is 0 Å². The predicted octanol–water partition coefficient (Wildman–Crippen LogP) is 2.88. The molecule has 0 N–H and O–H groups in total. The third-order valence-corrected chi connectivity index (χ3v) is 4.86. The van der Waals surface area contributed by atoms with Crippen LogP contribution in [0.1, 0.15) is 30.3 Å². The van der Waals surface area contributed by atoms with Crippen LogP contribution in [0.15, 0.2) is 36.8 Å². The van der Waals surface area contributed by atoms with Gasteiger partial charge in [-0.2, -0.15) is 0 Å². The Bertz CT molecular complexity index is 885. The Morgan fingerprint density at radius 2 is 2.08 bits per heavy atom. The maximum Gasteiger partial charge on any atom is 0.152 e. The average molecular weight is 336 g/mol. The zero-order chi connectivity index (χ0) is 17.4. The number of hydrogen-bond acceptors (Lipinski definition) is 5. The summed E-state index contributed by atoms with van der Waals surface area (Å²) in [6.45, 7) is 3.93. The fourth-order valence-corrected chi connectivity index (χ4v) is 3.62. The van der Waals surface area contributed by atoms with Crippen LogP contribution in [0.5, 0.6) is 0 Å². The van der Waals surface area contributed by atoms with Gasteiger partial charge >= 0.3 is 0 Å². The number of anilines is 2. The van der Waals surface area contributed by atoms with Gasteiger partial charge in [-0.05, 0) is 38.0 Å². The molecule has 0 radical (unpaired) electrons. The minimum Gasteiger partial charge on any atom is -0.361 e. The number of aromatic nitrogens is 4. The van der Waals surface area contributed by atoms with E-state index in [9.17, 15) is 0 Å². The molecule has 4 heterocycles. The smallest absolute Gasteiger partial charge is 0.152 e. The average Bonchev–Trinajstić information content (AvgIpc) is 3.09. The van der Waals surface area contributed by atoms with E-state index in [0.29, 0.717) is 5.92 Å². The number of nitrogens with zero attached hydrogens (tertiary/aromatic N) is 6. The van der Waals surface area contributed by atoms with E-state index in [2.05, 4.69) is 62.8 Å². The SMILES string of the molecule is Cc1nccc(N2CCC[C@@H](c3cn4cccc4c(N(C)C)n3)C2)n1. The van der Waals surface area contributed by atoms with Crippen molar-refractivity contribution in [3.05, 3.63) is 48.3 Å². The normalized spacial score (nSPS) is 17.9. The van der Waals surface area contributed by atoms with E-state index < -0.39 is 0 Å². The number of hydrogen-bond donors (Lipinski definition) is 0. The van der Waals surface area contributed by atoms with Crippen LogP contribution in [0.3, 0.4) is 0 Å². The predicted molar refractivity (Wildman–Crippen MR) is 100 cm³/mol. The van der Waals surface area contributed by atoms with Crippen LogP contribution in [0.25, 0.3) is 5.52 Å². The third kappa shape index (κ3) is 3.04. The Labute approximate surface area is 148 Å². The van der Waals surface area contributed by atoms with Gasteiger partial charge in [0.05, 0.1) is 11.2 Å². The molecule has 4 rings (SSSR count). The van der Waals surface area contributed by atoms with E-state index in [1.807, 2.05) is 19.2 Å². The molecule has 0 unspecified atom stereocenters. The lowest BCUT2D eigenvalue weighted by Gasteiger charge is -2.33. The molecule has 1 aliphatic rings. The molecule has 1 aliphatic heterocycles. The molecule has 1 fully saturated rings. The zero-order valence-corrected chi connectivity index (χ0v) is 15.1. The van der Waals surface area contributed by atoms with Crippen LogP contribution >= 0.6 is 0 Å². The summed E-state index contributed by atoms with van der Waals surface area (Å²) in [6, 6.07) is 6.19. The van der Waals surface area contributed by atoms with E-state index in [-0.39, 0.29) is 0 Å². The Hall–Kier alpha value is -2.63. The molecule has 0 spiro atoms. The lowest BCUT2D eigenvalue weighted by Crippen LogP contribution is -2.35. The number of fused-ring (bicyclic) bond motifs is 1. The number of aryl methyl sites for hydroxylation is 1. The van der Waals surface area contributed by atoms with Gasteiger partial charge in [-0.3, -0.25) is 0 Å². The molecule has 3 aromatic heterocycles. The molecule has 1 atom stereocenters. The van der Waals surface area contributed by atoms with Crippen LogP contribution in [0, 0.1) is 6.92 Å². The monoisotopic (exact) mass is 336 g/mol. The first kappa shape index (κ1) is 15.9. The van der Waals surface area contributed by atoms with Gasteiger partial charge in [0, 0.05) is 51.7 Å². The summed E-state index contributed by atoms with van der Waals surface area (Å²) < 4.78 is 2.19. The molecule has 0 saturated carbocycles. The first-order valence-corrected chi connectivity index (χ1v) is 8.81. The van der Waals surface area contributed by atoms with Crippen molar-refractivity contribution in [1.82, 2.24) is 19.4 Å². The maximum absolute atomic E-state index is 4.99. The summed E-state index contributed by atoms with van der Waals surface area (Å²) in [5, 5.41) is 0. The Kier molecular flexibility index (Phi) is 4.03. The Morgan fingerprint density at radius 3 is 2.88 bits per heavy atom.